The summed E-state index contributed by atoms with van der Waals surface area (Å²) in [5.41, 5.74) is 1.92. The van der Waals surface area contributed by atoms with Crippen molar-refractivity contribution >= 4 is 11.9 Å². The van der Waals surface area contributed by atoms with Crippen LogP contribution in [-0.4, -0.2) is 24.1 Å². The third kappa shape index (κ3) is 3.03. The van der Waals surface area contributed by atoms with E-state index in [1.165, 1.54) is 25.3 Å². The Morgan fingerprint density at radius 1 is 0.963 bits per heavy atom. The minimum atomic E-state index is -0.159. The van der Waals surface area contributed by atoms with Crippen LogP contribution in [0.3, 0.4) is 0 Å². The van der Waals surface area contributed by atoms with Crippen LogP contribution >= 0.6 is 0 Å². The molecule has 4 aliphatic carbocycles. The van der Waals surface area contributed by atoms with E-state index in [9.17, 15) is 9.59 Å². The molecule has 3 saturated carbocycles. The monoisotopic (exact) mass is 374 g/mol. The van der Waals surface area contributed by atoms with Crippen molar-refractivity contribution in [2.75, 3.05) is 0 Å². The van der Waals surface area contributed by atoms with Crippen molar-refractivity contribution in [1.82, 2.24) is 0 Å². The van der Waals surface area contributed by atoms with Gasteiger partial charge < -0.3 is 9.47 Å². The number of carbonyl (C=O) groups excluding carboxylic acids is 2. The van der Waals surface area contributed by atoms with Crippen LogP contribution in [0.2, 0.25) is 0 Å². The Labute approximate surface area is 163 Å². The molecule has 0 saturated heterocycles. The molecule has 0 heterocycles. The zero-order chi connectivity index (χ0) is 19.4. The molecule has 0 aromatic carbocycles. The third-order valence-electron chi connectivity index (χ3n) is 8.61. The van der Waals surface area contributed by atoms with Crippen molar-refractivity contribution in [2.45, 2.75) is 91.3 Å². The molecule has 4 aliphatic rings. The van der Waals surface area contributed by atoms with Crippen LogP contribution in [0.25, 0.3) is 0 Å². The summed E-state index contributed by atoms with van der Waals surface area (Å²) in [5.74, 6) is 1.77. The van der Waals surface area contributed by atoms with Gasteiger partial charge >= 0.3 is 11.9 Å². The summed E-state index contributed by atoms with van der Waals surface area (Å²) >= 11 is 0. The summed E-state index contributed by atoms with van der Waals surface area (Å²) in [6.45, 7) is 7.88. The topological polar surface area (TPSA) is 52.6 Å². The second-order valence-corrected chi connectivity index (χ2v) is 9.95. The highest BCUT2D eigenvalue weighted by molar-refractivity contribution is 5.66. The summed E-state index contributed by atoms with van der Waals surface area (Å²) < 4.78 is 11.3. The lowest BCUT2D eigenvalue weighted by atomic mass is 9.48. The van der Waals surface area contributed by atoms with Gasteiger partial charge in [0.15, 0.2) is 0 Å². The lowest BCUT2D eigenvalue weighted by molar-refractivity contribution is -0.157. The largest absolute Gasteiger partial charge is 0.462 e. The summed E-state index contributed by atoms with van der Waals surface area (Å²) in [5, 5.41) is 0. The Morgan fingerprint density at radius 2 is 1.70 bits per heavy atom. The highest BCUT2D eigenvalue weighted by atomic mass is 16.5. The summed E-state index contributed by atoms with van der Waals surface area (Å²) in [6, 6.07) is 0. The van der Waals surface area contributed by atoms with Gasteiger partial charge in [0.25, 0.3) is 0 Å². The Balaban J connectivity index is 1.55. The summed E-state index contributed by atoms with van der Waals surface area (Å²) in [7, 11) is 0. The second kappa shape index (κ2) is 6.63. The molecular formula is C23H34O4. The van der Waals surface area contributed by atoms with E-state index in [1.54, 1.807) is 6.92 Å². The van der Waals surface area contributed by atoms with E-state index in [4.69, 9.17) is 9.47 Å². The number of rotatable bonds is 2. The molecule has 0 spiro atoms. The van der Waals surface area contributed by atoms with Crippen molar-refractivity contribution < 1.29 is 19.1 Å². The van der Waals surface area contributed by atoms with Crippen LogP contribution in [0.5, 0.6) is 0 Å². The Kier molecular flexibility index (Phi) is 4.67. The quantitative estimate of drug-likeness (QED) is 0.514. The van der Waals surface area contributed by atoms with Gasteiger partial charge in [-0.1, -0.05) is 25.5 Å². The minimum absolute atomic E-state index is 0.0621. The molecule has 0 aliphatic heterocycles. The lowest BCUT2D eigenvalue weighted by Crippen LogP contribution is -2.51. The van der Waals surface area contributed by atoms with Crippen LogP contribution in [0.4, 0.5) is 0 Å². The van der Waals surface area contributed by atoms with E-state index < -0.39 is 0 Å². The SMILES string of the molecule is CC(=O)O[C@H]1CC[C@@]2(C)C(=CC[C@H]3[C@H]4CC[C@H](OC(C)=O)[C@]4(C)CC[C@H]32)C1. The van der Waals surface area contributed by atoms with E-state index in [2.05, 4.69) is 19.9 Å². The van der Waals surface area contributed by atoms with Crippen LogP contribution in [0.15, 0.2) is 11.6 Å². The normalized spacial score (nSPS) is 45.8. The van der Waals surface area contributed by atoms with E-state index in [0.717, 1.165) is 38.5 Å². The molecule has 27 heavy (non-hydrogen) atoms. The summed E-state index contributed by atoms with van der Waals surface area (Å²) in [4.78, 5) is 22.9. The van der Waals surface area contributed by atoms with Crippen molar-refractivity contribution in [3.63, 3.8) is 0 Å². The fourth-order valence-corrected chi connectivity index (χ4v) is 7.31. The lowest BCUT2D eigenvalue weighted by Gasteiger charge is -2.57. The predicted molar refractivity (Wildman–Crippen MR) is 103 cm³/mol. The van der Waals surface area contributed by atoms with Gasteiger partial charge in [-0.15, -0.1) is 0 Å². The molecule has 0 N–H and O–H groups in total. The molecule has 0 aromatic rings. The number of hydrogen-bond donors (Lipinski definition) is 0. The third-order valence-corrected chi connectivity index (χ3v) is 8.61. The number of hydrogen-bond acceptors (Lipinski definition) is 4. The molecule has 4 nitrogen and oxygen atoms in total. The Hall–Kier alpha value is -1.32. The van der Waals surface area contributed by atoms with Crippen molar-refractivity contribution in [2.24, 2.45) is 28.6 Å². The Morgan fingerprint density at radius 3 is 2.41 bits per heavy atom. The maximum atomic E-state index is 11.6. The van der Waals surface area contributed by atoms with Crippen LogP contribution < -0.4 is 0 Å². The van der Waals surface area contributed by atoms with Gasteiger partial charge in [0.2, 0.25) is 0 Å². The van der Waals surface area contributed by atoms with Crippen molar-refractivity contribution in [3.05, 3.63) is 11.6 Å². The maximum absolute atomic E-state index is 11.6. The minimum Gasteiger partial charge on any atom is -0.462 e. The van der Waals surface area contributed by atoms with E-state index in [1.807, 2.05) is 0 Å². The van der Waals surface area contributed by atoms with Crippen molar-refractivity contribution in [3.8, 4) is 0 Å². The van der Waals surface area contributed by atoms with Crippen molar-refractivity contribution in [1.29, 1.82) is 0 Å². The average molecular weight is 375 g/mol. The highest BCUT2D eigenvalue weighted by Crippen LogP contribution is 2.65. The number of carbonyl (C=O) groups is 2. The standard InChI is InChI=1S/C23H34O4/c1-14(24)26-17-9-11-22(3)16(13-17)5-6-18-19-7-8-21(27-15(2)25)23(19,4)12-10-20(18)22/h5,17-21H,6-13H2,1-4H3/t17-,18-,19+,20+,21-,22-,23+/m0/s1. The van der Waals surface area contributed by atoms with Crippen LogP contribution in [0, 0.1) is 28.6 Å². The fraction of sp³-hybridized carbons (Fsp3) is 0.826. The van der Waals surface area contributed by atoms with Crippen LogP contribution in [0.1, 0.15) is 79.1 Å². The number of ether oxygens (including phenoxy) is 2. The molecule has 0 aromatic heterocycles. The zero-order valence-electron chi connectivity index (χ0n) is 17.3. The van der Waals surface area contributed by atoms with Gasteiger partial charge in [-0.3, -0.25) is 9.59 Å². The zero-order valence-corrected chi connectivity index (χ0v) is 17.3. The molecule has 0 unspecified atom stereocenters. The number of fused-ring (bicyclic) bond motifs is 5. The molecule has 4 heteroatoms. The number of allylic oxidation sites excluding steroid dienone is 1. The fourth-order valence-electron chi connectivity index (χ4n) is 7.31. The van der Waals surface area contributed by atoms with Crippen LogP contribution in [-0.2, 0) is 19.1 Å². The van der Waals surface area contributed by atoms with Gasteiger partial charge in [0, 0.05) is 25.7 Å². The van der Waals surface area contributed by atoms with E-state index in [-0.39, 0.29) is 35.0 Å². The highest BCUT2D eigenvalue weighted by Gasteiger charge is 2.59. The van der Waals surface area contributed by atoms with Gasteiger partial charge in [-0.2, -0.15) is 0 Å². The first-order valence-electron chi connectivity index (χ1n) is 10.8. The van der Waals surface area contributed by atoms with Gasteiger partial charge in [0.05, 0.1) is 0 Å². The Bertz CT molecular complexity index is 667. The molecule has 0 radical (unpaired) electrons. The maximum Gasteiger partial charge on any atom is 0.302 e. The summed E-state index contributed by atoms with van der Waals surface area (Å²) in [6.07, 6.45) is 11.4. The predicted octanol–water partition coefficient (Wildman–Crippen LogP) is 4.81. The van der Waals surface area contributed by atoms with Gasteiger partial charge in [-0.25, -0.2) is 0 Å². The molecule has 3 fully saturated rings. The molecule has 4 rings (SSSR count). The molecule has 0 amide bonds. The molecule has 7 atom stereocenters. The van der Waals surface area contributed by atoms with E-state index in [0.29, 0.717) is 17.8 Å². The average Bonchev–Trinajstić information content (AvgIpc) is 2.91. The first-order valence-corrected chi connectivity index (χ1v) is 10.8. The van der Waals surface area contributed by atoms with Gasteiger partial charge in [0.1, 0.15) is 12.2 Å². The molecule has 0 bridgehead atoms. The molecule has 150 valence electrons. The molecular weight excluding hydrogens is 340 g/mol. The van der Waals surface area contributed by atoms with E-state index >= 15 is 0 Å². The van der Waals surface area contributed by atoms with Gasteiger partial charge in [-0.05, 0) is 68.1 Å². The smallest absolute Gasteiger partial charge is 0.302 e. The second-order valence-electron chi connectivity index (χ2n) is 9.95. The first-order chi connectivity index (χ1) is 12.7. The number of esters is 2. The first kappa shape index (κ1) is 19.0.